The number of ether oxygens (including phenoxy) is 2. The van der Waals surface area contributed by atoms with Crippen molar-refractivity contribution >= 4 is 11.9 Å². The zero-order chi connectivity index (χ0) is 21.1. The number of fused-ring (bicyclic) bond motifs is 1. The Bertz CT molecular complexity index is 614. The molecule has 1 heterocycles. The van der Waals surface area contributed by atoms with Gasteiger partial charge in [0, 0.05) is 12.3 Å². The normalized spacial score (nSPS) is 40.7. The van der Waals surface area contributed by atoms with Crippen LogP contribution in [0.3, 0.4) is 0 Å². The van der Waals surface area contributed by atoms with Crippen LogP contribution in [0.5, 0.6) is 0 Å². The van der Waals surface area contributed by atoms with Gasteiger partial charge in [-0.25, -0.2) is 0 Å². The van der Waals surface area contributed by atoms with Crippen molar-refractivity contribution in [3.63, 3.8) is 0 Å². The standard InChI is InChI=1S/C24H38O5/c1-5-15(3)24(27)29-21-11-14(2)10-17-7-6-16(4)20(23(17)21)9-8-19-12-18(25)13-22(26)28-19/h6-7,14-21,23,25H,5,8-13H2,1-4H3/t14-,15-,16-,17-,18+,19+,20-,21-,23+/m0/s1. The third-order valence-electron chi connectivity index (χ3n) is 7.40. The highest BCUT2D eigenvalue weighted by molar-refractivity contribution is 5.72. The van der Waals surface area contributed by atoms with Crippen molar-refractivity contribution in [2.75, 3.05) is 0 Å². The predicted molar refractivity (Wildman–Crippen MR) is 111 cm³/mol. The van der Waals surface area contributed by atoms with Crippen LogP contribution in [0.4, 0.5) is 0 Å². The smallest absolute Gasteiger partial charge is 0.308 e. The van der Waals surface area contributed by atoms with E-state index >= 15 is 0 Å². The summed E-state index contributed by atoms with van der Waals surface area (Å²) in [5, 5.41) is 9.90. The molecule has 164 valence electrons. The summed E-state index contributed by atoms with van der Waals surface area (Å²) in [7, 11) is 0. The maximum absolute atomic E-state index is 12.6. The first kappa shape index (κ1) is 22.3. The van der Waals surface area contributed by atoms with Gasteiger partial charge in [0.05, 0.1) is 18.4 Å². The summed E-state index contributed by atoms with van der Waals surface area (Å²) in [6, 6.07) is 0. The van der Waals surface area contributed by atoms with Crippen molar-refractivity contribution in [2.24, 2.45) is 35.5 Å². The fourth-order valence-electron chi connectivity index (χ4n) is 5.59. The van der Waals surface area contributed by atoms with Crippen LogP contribution in [0.15, 0.2) is 12.2 Å². The molecule has 9 atom stereocenters. The first-order valence-corrected chi connectivity index (χ1v) is 11.5. The maximum atomic E-state index is 12.6. The van der Waals surface area contributed by atoms with Gasteiger partial charge in [0.2, 0.25) is 0 Å². The molecule has 5 heteroatoms. The third kappa shape index (κ3) is 5.42. The van der Waals surface area contributed by atoms with Crippen molar-refractivity contribution in [2.45, 2.75) is 91.0 Å². The zero-order valence-electron chi connectivity index (χ0n) is 18.4. The molecular formula is C24H38O5. The number of carbonyl (C=O) groups excluding carboxylic acids is 2. The quantitative estimate of drug-likeness (QED) is 0.527. The average molecular weight is 407 g/mol. The second-order valence-electron chi connectivity index (χ2n) is 9.79. The molecule has 0 aromatic rings. The summed E-state index contributed by atoms with van der Waals surface area (Å²) < 4.78 is 11.6. The summed E-state index contributed by atoms with van der Waals surface area (Å²) >= 11 is 0. The number of hydrogen-bond donors (Lipinski definition) is 1. The maximum Gasteiger partial charge on any atom is 0.308 e. The van der Waals surface area contributed by atoms with Crippen LogP contribution in [0.25, 0.3) is 0 Å². The van der Waals surface area contributed by atoms with E-state index in [1.54, 1.807) is 0 Å². The van der Waals surface area contributed by atoms with Crippen molar-refractivity contribution in [1.29, 1.82) is 0 Å². The van der Waals surface area contributed by atoms with E-state index in [9.17, 15) is 14.7 Å². The summed E-state index contributed by atoms with van der Waals surface area (Å²) in [5.41, 5.74) is 0. The Morgan fingerprint density at radius 2 is 2.00 bits per heavy atom. The molecule has 0 unspecified atom stereocenters. The van der Waals surface area contributed by atoms with E-state index in [4.69, 9.17) is 9.47 Å². The number of aliphatic hydroxyl groups excluding tert-OH is 1. The topological polar surface area (TPSA) is 72.8 Å². The molecule has 3 rings (SSSR count). The van der Waals surface area contributed by atoms with Crippen molar-refractivity contribution < 1.29 is 24.2 Å². The van der Waals surface area contributed by atoms with Gasteiger partial charge in [-0.3, -0.25) is 9.59 Å². The molecule has 0 aromatic heterocycles. The molecule has 0 radical (unpaired) electrons. The molecule has 1 saturated carbocycles. The number of esters is 2. The number of aliphatic hydroxyl groups is 1. The number of allylic oxidation sites excluding steroid dienone is 2. The number of hydrogen-bond acceptors (Lipinski definition) is 5. The van der Waals surface area contributed by atoms with E-state index in [-0.39, 0.29) is 36.5 Å². The van der Waals surface area contributed by atoms with E-state index in [0.29, 0.717) is 36.0 Å². The van der Waals surface area contributed by atoms with Gasteiger partial charge in [0.25, 0.3) is 0 Å². The molecule has 29 heavy (non-hydrogen) atoms. The highest BCUT2D eigenvalue weighted by atomic mass is 16.5. The second-order valence-corrected chi connectivity index (χ2v) is 9.79. The lowest BCUT2D eigenvalue weighted by molar-refractivity contribution is -0.166. The van der Waals surface area contributed by atoms with E-state index < -0.39 is 6.10 Å². The van der Waals surface area contributed by atoms with Crippen LogP contribution in [0.2, 0.25) is 0 Å². The number of rotatable bonds is 6. The highest BCUT2D eigenvalue weighted by Gasteiger charge is 2.45. The summed E-state index contributed by atoms with van der Waals surface area (Å²) in [4.78, 5) is 24.2. The van der Waals surface area contributed by atoms with E-state index in [1.165, 1.54) is 0 Å². The Labute approximate surface area is 175 Å². The fourth-order valence-corrected chi connectivity index (χ4v) is 5.59. The Balaban J connectivity index is 1.71. The van der Waals surface area contributed by atoms with Gasteiger partial charge in [-0.2, -0.15) is 0 Å². The highest BCUT2D eigenvalue weighted by Crippen LogP contribution is 2.48. The molecule has 1 saturated heterocycles. The molecule has 3 aliphatic rings. The van der Waals surface area contributed by atoms with E-state index in [1.807, 2.05) is 13.8 Å². The lowest BCUT2D eigenvalue weighted by Crippen LogP contribution is -2.46. The predicted octanol–water partition coefficient (Wildman–Crippen LogP) is 4.28. The van der Waals surface area contributed by atoms with Gasteiger partial charge in [-0.05, 0) is 55.8 Å². The van der Waals surface area contributed by atoms with Crippen molar-refractivity contribution in [3.8, 4) is 0 Å². The summed E-state index contributed by atoms with van der Waals surface area (Å²) in [6.07, 6.45) is 9.01. The molecule has 0 amide bonds. The first-order valence-electron chi connectivity index (χ1n) is 11.5. The van der Waals surface area contributed by atoms with Gasteiger partial charge in [0.15, 0.2) is 0 Å². The Morgan fingerprint density at radius 1 is 1.24 bits per heavy atom. The minimum absolute atomic E-state index is 0.0397. The molecule has 5 nitrogen and oxygen atoms in total. The van der Waals surface area contributed by atoms with Crippen LogP contribution in [-0.2, 0) is 19.1 Å². The van der Waals surface area contributed by atoms with E-state index in [2.05, 4.69) is 26.0 Å². The monoisotopic (exact) mass is 406 g/mol. The van der Waals surface area contributed by atoms with Crippen LogP contribution in [-0.4, -0.2) is 35.4 Å². The number of cyclic esters (lactones) is 1. The van der Waals surface area contributed by atoms with Crippen LogP contribution in [0.1, 0.15) is 72.6 Å². The Kier molecular flexibility index (Phi) is 7.42. The Hall–Kier alpha value is -1.36. The lowest BCUT2D eigenvalue weighted by Gasteiger charge is -2.47. The van der Waals surface area contributed by atoms with Crippen molar-refractivity contribution in [3.05, 3.63) is 12.2 Å². The van der Waals surface area contributed by atoms with Crippen LogP contribution >= 0.6 is 0 Å². The largest absolute Gasteiger partial charge is 0.462 e. The zero-order valence-corrected chi connectivity index (χ0v) is 18.4. The molecule has 0 bridgehead atoms. The molecule has 1 N–H and O–H groups in total. The molecule has 0 aromatic carbocycles. The molecule has 1 aliphatic heterocycles. The first-order chi connectivity index (χ1) is 13.8. The van der Waals surface area contributed by atoms with Gasteiger partial charge in [0.1, 0.15) is 12.2 Å². The number of carbonyl (C=O) groups is 2. The Morgan fingerprint density at radius 3 is 2.69 bits per heavy atom. The minimum atomic E-state index is -0.586. The van der Waals surface area contributed by atoms with E-state index in [0.717, 1.165) is 32.1 Å². The van der Waals surface area contributed by atoms with Crippen LogP contribution < -0.4 is 0 Å². The van der Waals surface area contributed by atoms with Gasteiger partial charge in [-0.15, -0.1) is 0 Å². The van der Waals surface area contributed by atoms with Crippen molar-refractivity contribution in [1.82, 2.24) is 0 Å². The SMILES string of the molecule is CC[C@H](C)C(=O)O[C@H]1C[C@@H](C)C[C@@H]2C=C[C@H](C)[C@H](CC[C@@H]3C[C@@H](O)CC(=O)O3)[C@H]12. The van der Waals surface area contributed by atoms with Crippen LogP contribution in [0, 0.1) is 35.5 Å². The average Bonchev–Trinajstić information content (AvgIpc) is 2.65. The molecule has 2 fully saturated rings. The second kappa shape index (κ2) is 9.63. The summed E-state index contributed by atoms with van der Waals surface area (Å²) in [5.74, 6) is 1.66. The van der Waals surface area contributed by atoms with Gasteiger partial charge < -0.3 is 14.6 Å². The summed E-state index contributed by atoms with van der Waals surface area (Å²) in [6.45, 7) is 8.46. The molecular weight excluding hydrogens is 368 g/mol. The third-order valence-corrected chi connectivity index (χ3v) is 7.40. The minimum Gasteiger partial charge on any atom is -0.462 e. The fraction of sp³-hybridized carbons (Fsp3) is 0.833. The molecule has 2 aliphatic carbocycles. The van der Waals surface area contributed by atoms with Gasteiger partial charge >= 0.3 is 11.9 Å². The molecule has 0 spiro atoms. The van der Waals surface area contributed by atoms with Gasteiger partial charge in [-0.1, -0.05) is 39.8 Å². The lowest BCUT2D eigenvalue weighted by atomic mass is 9.60.